The van der Waals surface area contributed by atoms with E-state index in [1.807, 2.05) is 0 Å². The van der Waals surface area contributed by atoms with E-state index in [0.29, 0.717) is 5.91 Å². The first-order chi connectivity index (χ1) is 9.76. The van der Waals surface area contributed by atoms with Gasteiger partial charge in [0.2, 0.25) is 5.91 Å². The van der Waals surface area contributed by atoms with E-state index in [1.165, 1.54) is 38.5 Å². The molecular weight excluding hydrogens is 248 g/mol. The van der Waals surface area contributed by atoms with E-state index in [4.69, 9.17) is 0 Å². The van der Waals surface area contributed by atoms with Gasteiger partial charge in [-0.05, 0) is 25.7 Å². The Balaban J connectivity index is 1.80. The molecule has 3 nitrogen and oxygen atoms in total. The van der Waals surface area contributed by atoms with Crippen molar-refractivity contribution in [2.24, 2.45) is 5.92 Å². The molecule has 1 saturated carbocycles. The molecule has 20 heavy (non-hydrogen) atoms. The lowest BCUT2D eigenvalue weighted by atomic mass is 10.0. The summed E-state index contributed by atoms with van der Waals surface area (Å²) in [5.41, 5.74) is 0. The van der Waals surface area contributed by atoms with Gasteiger partial charge >= 0.3 is 0 Å². The molecule has 3 heteroatoms. The van der Waals surface area contributed by atoms with Crippen molar-refractivity contribution in [2.75, 3.05) is 26.2 Å². The molecule has 0 radical (unpaired) electrons. The van der Waals surface area contributed by atoms with E-state index < -0.39 is 0 Å². The zero-order chi connectivity index (χ0) is 14.4. The molecule has 1 heterocycles. The second-order valence-electron chi connectivity index (χ2n) is 6.52. The number of hydrogen-bond donors (Lipinski definition) is 0. The SMILES string of the molecule is CCC(CC)C(=O)N1CCN(C2CCCCCC2)CC1. The van der Waals surface area contributed by atoms with Crippen molar-refractivity contribution in [3.05, 3.63) is 0 Å². The fourth-order valence-corrected chi connectivity index (χ4v) is 3.83. The van der Waals surface area contributed by atoms with Gasteiger partial charge in [0.15, 0.2) is 0 Å². The first kappa shape index (κ1) is 15.8. The van der Waals surface area contributed by atoms with Crippen molar-refractivity contribution in [1.29, 1.82) is 0 Å². The Hall–Kier alpha value is -0.570. The van der Waals surface area contributed by atoms with E-state index in [9.17, 15) is 4.79 Å². The van der Waals surface area contributed by atoms with Crippen LogP contribution in [0.15, 0.2) is 0 Å². The lowest BCUT2D eigenvalue weighted by Crippen LogP contribution is -2.53. The monoisotopic (exact) mass is 280 g/mol. The van der Waals surface area contributed by atoms with Crippen molar-refractivity contribution in [3.8, 4) is 0 Å². The zero-order valence-corrected chi connectivity index (χ0v) is 13.4. The molecule has 2 rings (SSSR count). The largest absolute Gasteiger partial charge is 0.340 e. The van der Waals surface area contributed by atoms with Crippen molar-refractivity contribution in [1.82, 2.24) is 9.80 Å². The highest BCUT2D eigenvalue weighted by Crippen LogP contribution is 2.23. The molecule has 0 spiro atoms. The van der Waals surface area contributed by atoms with Crippen molar-refractivity contribution in [2.45, 2.75) is 71.3 Å². The summed E-state index contributed by atoms with van der Waals surface area (Å²) in [4.78, 5) is 17.2. The molecule has 0 N–H and O–H groups in total. The van der Waals surface area contributed by atoms with Gasteiger partial charge < -0.3 is 4.90 Å². The number of rotatable bonds is 4. The van der Waals surface area contributed by atoms with Crippen LogP contribution < -0.4 is 0 Å². The van der Waals surface area contributed by atoms with Crippen molar-refractivity contribution in [3.63, 3.8) is 0 Å². The minimum absolute atomic E-state index is 0.249. The average Bonchev–Trinajstić information content (AvgIpc) is 2.77. The Bertz CT molecular complexity index is 285. The molecule has 0 unspecified atom stereocenters. The second-order valence-corrected chi connectivity index (χ2v) is 6.52. The summed E-state index contributed by atoms with van der Waals surface area (Å²) in [6, 6.07) is 0.794. The van der Waals surface area contributed by atoms with Crippen LogP contribution in [0.3, 0.4) is 0 Å². The minimum atomic E-state index is 0.249. The molecule has 2 fully saturated rings. The number of amides is 1. The smallest absolute Gasteiger partial charge is 0.225 e. The van der Waals surface area contributed by atoms with Gasteiger partial charge in [-0.15, -0.1) is 0 Å². The van der Waals surface area contributed by atoms with Crippen LogP contribution in [0.2, 0.25) is 0 Å². The van der Waals surface area contributed by atoms with Crippen LogP contribution in [0.5, 0.6) is 0 Å². The summed E-state index contributed by atoms with van der Waals surface area (Å²) < 4.78 is 0. The van der Waals surface area contributed by atoms with Crippen LogP contribution in [0.4, 0.5) is 0 Å². The van der Waals surface area contributed by atoms with Crippen LogP contribution in [-0.4, -0.2) is 47.9 Å². The molecule has 1 saturated heterocycles. The van der Waals surface area contributed by atoms with Gasteiger partial charge in [-0.1, -0.05) is 39.5 Å². The van der Waals surface area contributed by atoms with Crippen LogP contribution in [0, 0.1) is 5.92 Å². The third kappa shape index (κ3) is 3.97. The van der Waals surface area contributed by atoms with Crippen LogP contribution >= 0.6 is 0 Å². The standard InChI is InChI=1S/C17H32N2O/c1-3-15(4-2)17(20)19-13-11-18(12-14-19)16-9-7-5-6-8-10-16/h15-16H,3-14H2,1-2H3. The molecule has 0 atom stereocenters. The Morgan fingerprint density at radius 3 is 2.00 bits per heavy atom. The molecule has 1 amide bonds. The van der Waals surface area contributed by atoms with Crippen molar-refractivity contribution >= 4 is 5.91 Å². The van der Waals surface area contributed by atoms with Gasteiger partial charge in [0.1, 0.15) is 0 Å². The number of hydrogen-bond acceptors (Lipinski definition) is 2. The van der Waals surface area contributed by atoms with E-state index in [1.54, 1.807) is 0 Å². The van der Waals surface area contributed by atoms with Gasteiger partial charge in [-0.3, -0.25) is 9.69 Å². The summed E-state index contributed by atoms with van der Waals surface area (Å²) in [5.74, 6) is 0.648. The quantitative estimate of drug-likeness (QED) is 0.738. The van der Waals surface area contributed by atoms with Crippen LogP contribution in [0.1, 0.15) is 65.2 Å². The number of piperazine rings is 1. The predicted octanol–water partition coefficient (Wildman–Crippen LogP) is 3.29. The maximum absolute atomic E-state index is 12.4. The maximum atomic E-state index is 12.4. The molecule has 1 aliphatic carbocycles. The molecule has 1 aliphatic heterocycles. The predicted molar refractivity (Wildman–Crippen MR) is 83.7 cm³/mol. The van der Waals surface area contributed by atoms with E-state index >= 15 is 0 Å². The van der Waals surface area contributed by atoms with Gasteiger partial charge in [-0.2, -0.15) is 0 Å². The Kier molecular flexibility index (Phi) is 6.34. The number of carbonyl (C=O) groups is 1. The molecule has 2 aliphatic rings. The Morgan fingerprint density at radius 1 is 0.950 bits per heavy atom. The number of carbonyl (C=O) groups excluding carboxylic acids is 1. The Labute approximate surface area is 124 Å². The molecule has 116 valence electrons. The topological polar surface area (TPSA) is 23.6 Å². The summed E-state index contributed by atoms with van der Waals surface area (Å²) in [5, 5.41) is 0. The Morgan fingerprint density at radius 2 is 1.50 bits per heavy atom. The third-order valence-corrected chi connectivity index (χ3v) is 5.30. The zero-order valence-electron chi connectivity index (χ0n) is 13.4. The summed E-state index contributed by atoms with van der Waals surface area (Å²) in [6.07, 6.45) is 10.4. The highest BCUT2D eigenvalue weighted by molar-refractivity contribution is 5.78. The molecular formula is C17H32N2O. The van der Waals surface area contributed by atoms with Crippen LogP contribution in [-0.2, 0) is 4.79 Å². The van der Waals surface area contributed by atoms with Gasteiger partial charge in [0, 0.05) is 38.1 Å². The minimum Gasteiger partial charge on any atom is -0.340 e. The van der Waals surface area contributed by atoms with E-state index in [0.717, 1.165) is 45.1 Å². The highest BCUT2D eigenvalue weighted by atomic mass is 16.2. The lowest BCUT2D eigenvalue weighted by molar-refractivity contribution is -0.137. The first-order valence-electron chi connectivity index (χ1n) is 8.79. The normalized spacial score (nSPS) is 23.1. The fourth-order valence-electron chi connectivity index (χ4n) is 3.83. The van der Waals surface area contributed by atoms with Gasteiger partial charge in [0.25, 0.3) is 0 Å². The van der Waals surface area contributed by atoms with Crippen LogP contribution in [0.25, 0.3) is 0 Å². The van der Waals surface area contributed by atoms with E-state index in [-0.39, 0.29) is 5.92 Å². The maximum Gasteiger partial charge on any atom is 0.225 e. The second kappa shape index (κ2) is 8.02. The highest BCUT2D eigenvalue weighted by Gasteiger charge is 2.28. The van der Waals surface area contributed by atoms with E-state index in [2.05, 4.69) is 23.6 Å². The van der Waals surface area contributed by atoms with Gasteiger partial charge in [0.05, 0.1) is 0 Å². The summed E-state index contributed by atoms with van der Waals surface area (Å²) in [7, 11) is 0. The molecule has 0 aromatic heterocycles. The molecule has 0 aromatic carbocycles. The summed E-state index contributed by atoms with van der Waals surface area (Å²) >= 11 is 0. The molecule has 0 bridgehead atoms. The van der Waals surface area contributed by atoms with Gasteiger partial charge in [-0.25, -0.2) is 0 Å². The first-order valence-corrected chi connectivity index (χ1v) is 8.79. The number of nitrogens with zero attached hydrogens (tertiary/aromatic N) is 2. The average molecular weight is 280 g/mol. The summed E-state index contributed by atoms with van der Waals surface area (Å²) in [6.45, 7) is 8.35. The lowest BCUT2D eigenvalue weighted by Gasteiger charge is -2.40. The molecule has 0 aromatic rings. The fraction of sp³-hybridized carbons (Fsp3) is 0.941. The van der Waals surface area contributed by atoms with Crippen molar-refractivity contribution < 1.29 is 4.79 Å². The third-order valence-electron chi connectivity index (χ3n) is 5.30.